The van der Waals surface area contributed by atoms with Crippen LogP contribution in [0.1, 0.15) is 0 Å². The Kier molecular flexibility index (Phi) is 1.30. The second kappa shape index (κ2) is 2.20. The Morgan fingerprint density at radius 3 is 3.25 bits per heavy atom. The van der Waals surface area contributed by atoms with Gasteiger partial charge in [0.2, 0.25) is 0 Å². The van der Waals surface area contributed by atoms with Crippen LogP contribution >= 0.6 is 0 Å². The van der Waals surface area contributed by atoms with E-state index in [1.807, 2.05) is 7.05 Å². The Morgan fingerprint density at radius 2 is 2.50 bits per heavy atom. The molecule has 3 N–H and O–H groups in total. The van der Waals surface area contributed by atoms with Gasteiger partial charge in [-0.1, -0.05) is 0 Å². The van der Waals surface area contributed by atoms with Gasteiger partial charge in [0.25, 0.3) is 5.91 Å². The van der Waals surface area contributed by atoms with Crippen molar-refractivity contribution in [3.63, 3.8) is 0 Å². The molecule has 2 rings (SSSR count). The molecule has 0 aromatic rings. The monoisotopic (exact) mass is 167 g/mol. The summed E-state index contributed by atoms with van der Waals surface area (Å²) in [7, 11) is 1.81. The van der Waals surface area contributed by atoms with E-state index >= 15 is 0 Å². The van der Waals surface area contributed by atoms with Crippen LogP contribution in [0.15, 0.2) is 9.98 Å². The van der Waals surface area contributed by atoms with Crippen LogP contribution in [0.5, 0.6) is 0 Å². The number of nitrogens with zero attached hydrogens (tertiary/aromatic N) is 3. The molecule has 2 atom stereocenters. The number of fused-ring (bicyclic) bond motifs is 1. The van der Waals surface area contributed by atoms with E-state index in [0.29, 0.717) is 0 Å². The molecule has 2 heterocycles. The molecule has 0 bridgehead atoms. The Bertz CT molecular complexity index is 284. The van der Waals surface area contributed by atoms with Crippen molar-refractivity contribution in [3.05, 3.63) is 0 Å². The molecule has 0 saturated carbocycles. The molecule has 0 saturated heterocycles. The normalized spacial score (nSPS) is 32.9. The van der Waals surface area contributed by atoms with Crippen LogP contribution in [0.4, 0.5) is 0 Å². The number of carbonyl (C=O) groups is 1. The number of guanidine groups is 1. The molecule has 6 nitrogen and oxygen atoms in total. The van der Waals surface area contributed by atoms with E-state index in [0.717, 1.165) is 0 Å². The van der Waals surface area contributed by atoms with Gasteiger partial charge in [-0.05, 0) is 0 Å². The van der Waals surface area contributed by atoms with E-state index < -0.39 is 6.04 Å². The van der Waals surface area contributed by atoms with Crippen LogP contribution in [-0.4, -0.2) is 42.4 Å². The summed E-state index contributed by atoms with van der Waals surface area (Å²) in [5.41, 5.74) is 5.38. The van der Waals surface area contributed by atoms with Crippen molar-refractivity contribution in [1.82, 2.24) is 10.2 Å². The lowest BCUT2D eigenvalue weighted by molar-refractivity contribution is -0.122. The van der Waals surface area contributed by atoms with Crippen molar-refractivity contribution in [3.8, 4) is 0 Å². The predicted molar refractivity (Wildman–Crippen MR) is 43.6 cm³/mol. The number of carbonyl (C=O) groups excluding carboxylic acids is 1. The van der Waals surface area contributed by atoms with Crippen molar-refractivity contribution in [2.45, 2.75) is 12.2 Å². The fraction of sp³-hybridized carbons (Fsp3) is 0.500. The third kappa shape index (κ3) is 0.843. The molecule has 0 aromatic carbocycles. The molecular formula is C6H9N5O. The minimum Gasteiger partial charge on any atom is -0.370 e. The number of aliphatic imine (C=N–C) groups is 2. The number of nitrogens with two attached hydrogens (primary N) is 1. The van der Waals surface area contributed by atoms with Crippen LogP contribution in [0.3, 0.4) is 0 Å². The summed E-state index contributed by atoms with van der Waals surface area (Å²) in [5, 5.41) is 2.42. The first-order chi connectivity index (χ1) is 5.68. The van der Waals surface area contributed by atoms with Crippen molar-refractivity contribution < 1.29 is 4.79 Å². The molecule has 2 unspecified atom stereocenters. The fourth-order valence-corrected chi connectivity index (χ4v) is 1.28. The number of hydrogen-bond acceptors (Lipinski definition) is 5. The quantitative estimate of drug-likeness (QED) is 0.442. The average molecular weight is 167 g/mol. The first-order valence-electron chi connectivity index (χ1n) is 3.58. The highest BCUT2D eigenvalue weighted by atomic mass is 16.2. The van der Waals surface area contributed by atoms with E-state index in [1.165, 1.54) is 0 Å². The number of likely N-dealkylation sites (N-methyl/N-ethyl adjacent to an activating group) is 1. The van der Waals surface area contributed by atoms with Crippen molar-refractivity contribution in [1.29, 1.82) is 0 Å². The molecule has 64 valence electrons. The summed E-state index contributed by atoms with van der Waals surface area (Å²) in [6.07, 6.45) is 1.34. The molecule has 0 aromatic heterocycles. The lowest BCUT2D eigenvalue weighted by Gasteiger charge is -2.24. The average Bonchev–Trinajstić information content (AvgIpc) is 2.33. The van der Waals surface area contributed by atoms with Crippen LogP contribution in [0.25, 0.3) is 0 Å². The zero-order valence-corrected chi connectivity index (χ0v) is 6.56. The molecule has 2 aliphatic rings. The number of nitrogens with one attached hydrogen (secondary N) is 1. The lowest BCUT2D eigenvalue weighted by Crippen LogP contribution is -2.53. The maximum absolute atomic E-state index is 11.2. The van der Waals surface area contributed by atoms with E-state index in [-0.39, 0.29) is 18.0 Å². The maximum Gasteiger partial charge on any atom is 0.255 e. The highest BCUT2D eigenvalue weighted by Gasteiger charge is 2.37. The zero-order valence-electron chi connectivity index (χ0n) is 6.56. The summed E-state index contributed by atoms with van der Waals surface area (Å²) < 4.78 is 0. The minimum absolute atomic E-state index is 0.165. The van der Waals surface area contributed by atoms with Crippen molar-refractivity contribution >= 4 is 18.2 Å². The van der Waals surface area contributed by atoms with Gasteiger partial charge in [-0.15, -0.1) is 0 Å². The van der Waals surface area contributed by atoms with Gasteiger partial charge in [0, 0.05) is 7.05 Å². The minimum atomic E-state index is -0.428. The standard InChI is InChI=1S/C6H9N5O/c1-11-2-8-3-4(11)9-6(7)10-5(3)12/h2-4H,1H3,(H3,7,9,10,12). The Labute approximate surface area is 69.2 Å². The van der Waals surface area contributed by atoms with Crippen LogP contribution in [0, 0.1) is 0 Å². The SMILES string of the molecule is CN1C=NC2C(=O)NC(N)=NC21. The second-order valence-corrected chi connectivity index (χ2v) is 2.79. The third-order valence-electron chi connectivity index (χ3n) is 1.90. The van der Waals surface area contributed by atoms with E-state index in [2.05, 4.69) is 15.3 Å². The fourth-order valence-electron chi connectivity index (χ4n) is 1.28. The Hall–Kier alpha value is -1.59. The summed E-state index contributed by atoms with van der Waals surface area (Å²) in [6.45, 7) is 0. The van der Waals surface area contributed by atoms with Crippen molar-refractivity contribution in [2.24, 2.45) is 15.7 Å². The lowest BCUT2D eigenvalue weighted by atomic mass is 10.2. The van der Waals surface area contributed by atoms with Gasteiger partial charge in [-0.2, -0.15) is 0 Å². The first kappa shape index (κ1) is 7.08. The van der Waals surface area contributed by atoms with E-state index in [9.17, 15) is 4.79 Å². The Balaban J connectivity index is 2.32. The Morgan fingerprint density at radius 1 is 1.75 bits per heavy atom. The molecule has 0 radical (unpaired) electrons. The molecular weight excluding hydrogens is 158 g/mol. The largest absolute Gasteiger partial charge is 0.370 e. The second-order valence-electron chi connectivity index (χ2n) is 2.79. The van der Waals surface area contributed by atoms with Gasteiger partial charge in [-0.3, -0.25) is 15.1 Å². The topological polar surface area (TPSA) is 83.1 Å². The molecule has 0 spiro atoms. The molecule has 0 fully saturated rings. The van der Waals surface area contributed by atoms with Gasteiger partial charge in [-0.25, -0.2) is 4.99 Å². The van der Waals surface area contributed by atoms with Crippen molar-refractivity contribution in [2.75, 3.05) is 7.05 Å². The van der Waals surface area contributed by atoms with Gasteiger partial charge in [0.05, 0.1) is 6.34 Å². The van der Waals surface area contributed by atoms with Crippen LogP contribution in [-0.2, 0) is 4.79 Å². The van der Waals surface area contributed by atoms with Gasteiger partial charge < -0.3 is 10.6 Å². The highest BCUT2D eigenvalue weighted by molar-refractivity contribution is 6.02. The smallest absolute Gasteiger partial charge is 0.255 e. The molecule has 1 amide bonds. The molecule has 2 aliphatic heterocycles. The summed E-state index contributed by atoms with van der Waals surface area (Å²) >= 11 is 0. The number of amides is 1. The first-order valence-corrected chi connectivity index (χ1v) is 3.58. The summed E-state index contributed by atoms with van der Waals surface area (Å²) in [6, 6.07) is -0.428. The van der Waals surface area contributed by atoms with Crippen LogP contribution in [0.2, 0.25) is 0 Å². The maximum atomic E-state index is 11.2. The number of hydrogen-bond donors (Lipinski definition) is 2. The summed E-state index contributed by atoms with van der Waals surface area (Å²) in [5.74, 6) is -0.0216. The van der Waals surface area contributed by atoms with E-state index in [4.69, 9.17) is 5.73 Å². The molecule has 12 heavy (non-hydrogen) atoms. The van der Waals surface area contributed by atoms with Crippen LogP contribution < -0.4 is 11.1 Å². The van der Waals surface area contributed by atoms with Gasteiger partial charge >= 0.3 is 0 Å². The number of rotatable bonds is 0. The van der Waals surface area contributed by atoms with Gasteiger partial charge in [0.15, 0.2) is 18.2 Å². The van der Waals surface area contributed by atoms with E-state index in [1.54, 1.807) is 11.2 Å². The predicted octanol–water partition coefficient (Wildman–Crippen LogP) is -1.90. The molecule has 0 aliphatic carbocycles. The zero-order chi connectivity index (χ0) is 8.72. The van der Waals surface area contributed by atoms with Gasteiger partial charge in [0.1, 0.15) is 0 Å². The summed E-state index contributed by atoms with van der Waals surface area (Å²) in [4.78, 5) is 21.0. The third-order valence-corrected chi connectivity index (χ3v) is 1.90. The highest BCUT2D eigenvalue weighted by Crippen LogP contribution is 2.15. The molecule has 6 heteroatoms.